The first-order chi connectivity index (χ1) is 13.1. The van der Waals surface area contributed by atoms with Gasteiger partial charge in [0.1, 0.15) is 12.3 Å². The number of anilines is 1. The molecule has 3 aromatic rings. The molecule has 2 aromatic carbocycles. The van der Waals surface area contributed by atoms with Crippen molar-refractivity contribution in [1.29, 1.82) is 0 Å². The van der Waals surface area contributed by atoms with E-state index in [9.17, 15) is 9.59 Å². The largest absolute Gasteiger partial charge is 0.496 e. The lowest BCUT2D eigenvalue weighted by atomic mass is 10.1. The average molecular weight is 381 g/mol. The number of benzene rings is 2. The van der Waals surface area contributed by atoms with Gasteiger partial charge in [0.05, 0.1) is 18.5 Å². The summed E-state index contributed by atoms with van der Waals surface area (Å²) in [6, 6.07) is 17.9. The summed E-state index contributed by atoms with van der Waals surface area (Å²) < 4.78 is 6.50. The van der Waals surface area contributed by atoms with E-state index in [0.717, 1.165) is 15.1 Å². The van der Waals surface area contributed by atoms with Gasteiger partial charge < -0.3 is 10.1 Å². The quantitative estimate of drug-likeness (QED) is 0.664. The van der Waals surface area contributed by atoms with Crippen molar-refractivity contribution in [2.24, 2.45) is 0 Å². The van der Waals surface area contributed by atoms with E-state index in [-0.39, 0.29) is 18.0 Å². The Kier molecular flexibility index (Phi) is 5.93. The first-order valence-electron chi connectivity index (χ1n) is 8.27. The number of carbonyl (C=O) groups is 1. The molecule has 0 spiro atoms. The van der Waals surface area contributed by atoms with E-state index in [1.54, 1.807) is 13.2 Å². The van der Waals surface area contributed by atoms with Crippen molar-refractivity contribution >= 4 is 23.4 Å². The average Bonchev–Trinajstić information content (AvgIpc) is 2.70. The first-order valence-corrected chi connectivity index (χ1v) is 9.49. The van der Waals surface area contributed by atoms with Crippen LogP contribution in [0.4, 0.5) is 5.69 Å². The number of ether oxygens (including phenoxy) is 1. The molecule has 3 rings (SSSR count). The smallest absolute Gasteiger partial charge is 0.267 e. The Hall–Kier alpha value is -3.06. The third-order valence-electron chi connectivity index (χ3n) is 3.92. The number of methoxy groups -OCH3 is 1. The van der Waals surface area contributed by atoms with Crippen molar-refractivity contribution < 1.29 is 9.53 Å². The minimum atomic E-state index is -0.345. The Morgan fingerprint density at radius 1 is 1.11 bits per heavy atom. The third-order valence-corrected chi connectivity index (χ3v) is 4.72. The fourth-order valence-electron chi connectivity index (χ4n) is 2.64. The van der Waals surface area contributed by atoms with Crippen LogP contribution >= 0.6 is 11.8 Å². The number of amides is 1. The maximum absolute atomic E-state index is 12.4. The van der Waals surface area contributed by atoms with Gasteiger partial charge in [-0.2, -0.15) is 5.10 Å². The summed E-state index contributed by atoms with van der Waals surface area (Å²) in [6.45, 7) is -0.176. The van der Waals surface area contributed by atoms with Gasteiger partial charge in [0.15, 0.2) is 0 Å². The second-order valence-corrected chi connectivity index (χ2v) is 6.51. The van der Waals surface area contributed by atoms with E-state index < -0.39 is 0 Å². The van der Waals surface area contributed by atoms with Crippen LogP contribution in [0.15, 0.2) is 70.4 Å². The second-order valence-electron chi connectivity index (χ2n) is 5.66. The van der Waals surface area contributed by atoms with E-state index in [4.69, 9.17) is 4.74 Å². The van der Waals surface area contributed by atoms with Crippen LogP contribution in [0, 0.1) is 0 Å². The Bertz CT molecular complexity index is 1020. The molecule has 0 saturated heterocycles. The fourth-order valence-corrected chi connectivity index (χ4v) is 3.19. The number of hydrogen-bond donors (Lipinski definition) is 1. The Morgan fingerprint density at radius 2 is 1.85 bits per heavy atom. The van der Waals surface area contributed by atoms with Gasteiger partial charge in [-0.05, 0) is 36.6 Å². The van der Waals surface area contributed by atoms with E-state index in [1.165, 1.54) is 17.8 Å². The van der Waals surface area contributed by atoms with Crippen LogP contribution < -0.4 is 15.6 Å². The molecule has 1 amide bonds. The summed E-state index contributed by atoms with van der Waals surface area (Å²) >= 11 is 1.54. The summed E-state index contributed by atoms with van der Waals surface area (Å²) in [7, 11) is 1.57. The van der Waals surface area contributed by atoms with Crippen LogP contribution in [0.2, 0.25) is 0 Å². The number of nitrogens with one attached hydrogen (secondary N) is 1. The Morgan fingerprint density at radius 3 is 2.63 bits per heavy atom. The van der Waals surface area contributed by atoms with Crippen molar-refractivity contribution in [3.63, 3.8) is 0 Å². The highest BCUT2D eigenvalue weighted by molar-refractivity contribution is 7.98. The summed E-state index contributed by atoms with van der Waals surface area (Å²) in [4.78, 5) is 25.5. The van der Waals surface area contributed by atoms with Gasteiger partial charge in [-0.1, -0.05) is 24.3 Å². The molecule has 0 atom stereocenters. The van der Waals surface area contributed by atoms with E-state index in [1.807, 2.05) is 54.8 Å². The highest BCUT2D eigenvalue weighted by Crippen LogP contribution is 2.27. The summed E-state index contributed by atoms with van der Waals surface area (Å²) in [6.07, 6.45) is 1.94. The molecule has 7 heteroatoms. The molecule has 0 radical (unpaired) electrons. The number of rotatable bonds is 6. The van der Waals surface area contributed by atoms with Crippen molar-refractivity contribution in [2.45, 2.75) is 11.4 Å². The van der Waals surface area contributed by atoms with Crippen LogP contribution in [0.1, 0.15) is 0 Å². The summed E-state index contributed by atoms with van der Waals surface area (Å²) in [5.41, 5.74) is 1.68. The van der Waals surface area contributed by atoms with Crippen LogP contribution in [-0.2, 0) is 11.3 Å². The second kappa shape index (κ2) is 8.55. The Labute approximate surface area is 161 Å². The molecule has 1 N–H and O–H groups in total. The third kappa shape index (κ3) is 4.38. The van der Waals surface area contributed by atoms with E-state index >= 15 is 0 Å². The van der Waals surface area contributed by atoms with Gasteiger partial charge in [0, 0.05) is 16.5 Å². The maximum atomic E-state index is 12.4. The first kappa shape index (κ1) is 18.7. The monoisotopic (exact) mass is 381 g/mol. The Balaban J connectivity index is 1.85. The molecule has 1 heterocycles. The number of aromatic nitrogens is 2. The lowest BCUT2D eigenvalue weighted by molar-refractivity contribution is -0.117. The minimum absolute atomic E-state index is 0.176. The summed E-state index contributed by atoms with van der Waals surface area (Å²) in [5, 5.41) is 7.17. The van der Waals surface area contributed by atoms with Crippen molar-refractivity contribution in [3.05, 3.63) is 71.0 Å². The molecule has 0 bridgehead atoms. The molecule has 6 nitrogen and oxygen atoms in total. The highest BCUT2D eigenvalue weighted by Gasteiger charge is 2.12. The van der Waals surface area contributed by atoms with E-state index in [2.05, 4.69) is 10.4 Å². The summed E-state index contributed by atoms with van der Waals surface area (Å²) in [5.74, 6) is 0.330. The lowest BCUT2D eigenvalue weighted by Gasteiger charge is -2.11. The number of carbonyl (C=O) groups excluding carboxylic acids is 1. The van der Waals surface area contributed by atoms with Crippen LogP contribution in [0.5, 0.6) is 5.75 Å². The van der Waals surface area contributed by atoms with Crippen molar-refractivity contribution in [1.82, 2.24) is 9.78 Å². The fraction of sp³-hybridized carbons (Fsp3) is 0.150. The van der Waals surface area contributed by atoms with Crippen molar-refractivity contribution in [3.8, 4) is 17.0 Å². The molecule has 0 fully saturated rings. The standard InChI is InChI=1S/C20H19N3O3S/c1-26-17-9-5-3-7-14(17)15-11-12-20(25)23(22-15)13-19(24)21-16-8-4-6-10-18(16)27-2/h3-12H,13H2,1-2H3,(H,21,24). The molecule has 0 aliphatic heterocycles. The topological polar surface area (TPSA) is 73.2 Å². The molecule has 0 unspecified atom stereocenters. The lowest BCUT2D eigenvalue weighted by Crippen LogP contribution is -2.29. The number of thioether (sulfide) groups is 1. The molecule has 0 saturated carbocycles. The molecular formula is C20H19N3O3S. The molecule has 0 aliphatic rings. The predicted molar refractivity (Wildman–Crippen MR) is 107 cm³/mol. The zero-order chi connectivity index (χ0) is 19.2. The zero-order valence-electron chi connectivity index (χ0n) is 15.0. The maximum Gasteiger partial charge on any atom is 0.267 e. The molecule has 27 heavy (non-hydrogen) atoms. The normalized spacial score (nSPS) is 10.4. The van der Waals surface area contributed by atoms with Gasteiger partial charge in [-0.25, -0.2) is 4.68 Å². The predicted octanol–water partition coefficient (Wildman–Crippen LogP) is 3.28. The molecular weight excluding hydrogens is 362 g/mol. The van der Waals surface area contributed by atoms with Crippen LogP contribution in [0.25, 0.3) is 11.3 Å². The zero-order valence-corrected chi connectivity index (χ0v) is 15.8. The van der Waals surface area contributed by atoms with Gasteiger partial charge in [0.25, 0.3) is 5.56 Å². The van der Waals surface area contributed by atoms with Gasteiger partial charge in [0.2, 0.25) is 5.91 Å². The number of para-hydroxylation sites is 2. The van der Waals surface area contributed by atoms with Gasteiger partial charge in [-0.15, -0.1) is 11.8 Å². The number of nitrogens with zero attached hydrogens (tertiary/aromatic N) is 2. The molecule has 1 aromatic heterocycles. The molecule has 138 valence electrons. The van der Waals surface area contributed by atoms with Gasteiger partial charge in [-0.3, -0.25) is 9.59 Å². The minimum Gasteiger partial charge on any atom is -0.496 e. The van der Waals surface area contributed by atoms with E-state index in [0.29, 0.717) is 17.1 Å². The van der Waals surface area contributed by atoms with Gasteiger partial charge >= 0.3 is 0 Å². The van der Waals surface area contributed by atoms with Crippen molar-refractivity contribution in [2.75, 3.05) is 18.7 Å². The molecule has 0 aliphatic carbocycles. The number of hydrogen-bond acceptors (Lipinski definition) is 5. The highest BCUT2D eigenvalue weighted by atomic mass is 32.2. The van der Waals surface area contributed by atoms with Crippen LogP contribution in [0.3, 0.4) is 0 Å². The van der Waals surface area contributed by atoms with Crippen LogP contribution in [-0.4, -0.2) is 29.1 Å². The SMILES string of the molecule is COc1ccccc1-c1ccc(=O)n(CC(=O)Nc2ccccc2SC)n1.